The molecule has 1 N–H and O–H groups in total. The van der Waals surface area contributed by atoms with E-state index in [2.05, 4.69) is 4.72 Å². The normalized spacial score (nSPS) is 11.1. The highest BCUT2D eigenvalue weighted by atomic mass is 35.5. The molecule has 2 aromatic carbocycles. The molecule has 2 aromatic rings. The number of hydrogen-bond donors (Lipinski definition) is 1. The van der Waals surface area contributed by atoms with E-state index < -0.39 is 26.5 Å². The molecule has 0 fully saturated rings. The van der Waals surface area contributed by atoms with Crippen LogP contribution in [0.15, 0.2) is 41.3 Å². The molecule has 0 bridgehead atoms. The molecule has 9 heteroatoms. The first-order valence-electron chi connectivity index (χ1n) is 6.70. The minimum absolute atomic E-state index is 0.205. The summed E-state index contributed by atoms with van der Waals surface area (Å²) in [5.74, 6) is -1.02. The smallest absolute Gasteiger partial charge is 0.263 e. The van der Waals surface area contributed by atoms with Crippen molar-refractivity contribution in [3.05, 3.63) is 52.0 Å². The molecule has 0 heterocycles. The quantitative estimate of drug-likeness (QED) is 0.819. The van der Waals surface area contributed by atoms with Crippen molar-refractivity contribution in [1.29, 1.82) is 0 Å². The van der Waals surface area contributed by atoms with Crippen LogP contribution in [0.25, 0.3) is 0 Å². The van der Waals surface area contributed by atoms with Crippen molar-refractivity contribution in [3.63, 3.8) is 0 Å². The van der Waals surface area contributed by atoms with Crippen LogP contribution in [0.1, 0.15) is 17.3 Å². The summed E-state index contributed by atoms with van der Waals surface area (Å²) < 4.78 is 32.4. The van der Waals surface area contributed by atoms with Crippen molar-refractivity contribution >= 4 is 44.9 Å². The highest BCUT2D eigenvalue weighted by Gasteiger charge is 2.21. The van der Waals surface area contributed by atoms with Gasteiger partial charge in [-0.15, -0.1) is 0 Å². The first kappa shape index (κ1) is 18.4. The highest BCUT2D eigenvalue weighted by Crippen LogP contribution is 2.30. The van der Waals surface area contributed by atoms with Crippen LogP contribution in [0.4, 0.5) is 5.69 Å². The van der Waals surface area contributed by atoms with Gasteiger partial charge in [0.2, 0.25) is 0 Å². The third-order valence-corrected chi connectivity index (χ3v) is 5.11. The lowest BCUT2D eigenvalue weighted by atomic mass is 10.2. The van der Waals surface area contributed by atoms with E-state index >= 15 is 0 Å². The van der Waals surface area contributed by atoms with Crippen molar-refractivity contribution in [1.82, 2.24) is 0 Å². The molecule has 24 heavy (non-hydrogen) atoms. The van der Waals surface area contributed by atoms with Gasteiger partial charge in [-0.05, 0) is 43.3 Å². The van der Waals surface area contributed by atoms with Crippen LogP contribution in [-0.4, -0.2) is 21.0 Å². The number of benzene rings is 2. The Morgan fingerprint density at radius 3 is 2.33 bits per heavy atom. The van der Waals surface area contributed by atoms with Gasteiger partial charge in [0, 0.05) is 11.3 Å². The zero-order chi connectivity index (χ0) is 17.9. The molecule has 0 radical (unpaired) electrons. The number of carbonyl (C=O) groups excluding carboxylic acids is 1. The van der Waals surface area contributed by atoms with Crippen LogP contribution in [0.2, 0.25) is 10.0 Å². The Balaban J connectivity index is 2.36. The molecule has 0 saturated heterocycles. The number of hydrogen-bond acceptors (Lipinski definition) is 5. The Morgan fingerprint density at radius 2 is 1.79 bits per heavy atom. The van der Waals surface area contributed by atoms with Gasteiger partial charge in [0.05, 0.1) is 22.6 Å². The average molecular weight is 389 g/mol. The van der Waals surface area contributed by atoms with Crippen LogP contribution in [0.5, 0.6) is 5.75 Å². The zero-order valence-corrected chi connectivity index (χ0v) is 14.7. The standard InChI is InChI=1S/C15H13Cl2NO5S/c1-2-23-10-5-3-9(4-6-10)18-24(21,22)14-7-11(15(19)20)12(16)8-13(14)17/h3-8,18H,2H2,1H3,(H,19,20)/p-1. The second kappa shape index (κ2) is 7.29. The maximum absolute atomic E-state index is 12.4. The van der Waals surface area contributed by atoms with E-state index in [0.717, 1.165) is 12.1 Å². The molecule has 0 atom stereocenters. The van der Waals surface area contributed by atoms with Gasteiger partial charge in [-0.2, -0.15) is 0 Å². The number of halogens is 2. The lowest BCUT2D eigenvalue weighted by Gasteiger charge is -2.13. The lowest BCUT2D eigenvalue weighted by Crippen LogP contribution is -2.23. The maximum atomic E-state index is 12.4. The van der Waals surface area contributed by atoms with Gasteiger partial charge in [-0.25, -0.2) is 8.42 Å². The predicted molar refractivity (Wildman–Crippen MR) is 89.2 cm³/mol. The van der Waals surface area contributed by atoms with Crippen LogP contribution >= 0.6 is 23.2 Å². The largest absolute Gasteiger partial charge is 0.545 e. The van der Waals surface area contributed by atoms with Gasteiger partial charge in [0.15, 0.2) is 0 Å². The van der Waals surface area contributed by atoms with Gasteiger partial charge in [-0.1, -0.05) is 23.2 Å². The number of aromatic carboxylic acids is 1. The van der Waals surface area contributed by atoms with E-state index in [4.69, 9.17) is 27.9 Å². The van der Waals surface area contributed by atoms with E-state index in [1.54, 1.807) is 12.1 Å². The number of nitrogens with one attached hydrogen (secondary N) is 1. The lowest BCUT2D eigenvalue weighted by molar-refractivity contribution is -0.255. The molecule has 0 aliphatic rings. The third kappa shape index (κ3) is 4.11. The van der Waals surface area contributed by atoms with Crippen LogP contribution in [-0.2, 0) is 10.0 Å². The van der Waals surface area contributed by atoms with Gasteiger partial charge >= 0.3 is 0 Å². The summed E-state index contributed by atoms with van der Waals surface area (Å²) >= 11 is 11.6. The molecule has 0 aliphatic heterocycles. The molecule has 0 aliphatic carbocycles. The Bertz CT molecular complexity index is 866. The first-order valence-corrected chi connectivity index (χ1v) is 8.94. The number of anilines is 1. The Morgan fingerprint density at radius 1 is 1.17 bits per heavy atom. The minimum Gasteiger partial charge on any atom is -0.545 e. The molecule has 2 rings (SSSR count). The van der Waals surface area contributed by atoms with E-state index in [9.17, 15) is 18.3 Å². The van der Waals surface area contributed by atoms with E-state index in [0.29, 0.717) is 12.4 Å². The summed E-state index contributed by atoms with van der Waals surface area (Å²) in [5, 5.41) is 10.6. The van der Waals surface area contributed by atoms with E-state index in [1.165, 1.54) is 12.1 Å². The number of carbonyl (C=O) groups is 1. The first-order chi connectivity index (χ1) is 11.2. The number of sulfonamides is 1. The Hall–Kier alpha value is -1.96. The number of carboxylic acid groups (broad SMARTS) is 1. The maximum Gasteiger partial charge on any atom is 0.263 e. The van der Waals surface area contributed by atoms with Gasteiger partial charge < -0.3 is 14.6 Å². The number of rotatable bonds is 6. The summed E-state index contributed by atoms with van der Waals surface area (Å²) in [7, 11) is -4.11. The van der Waals surface area contributed by atoms with E-state index in [1.807, 2.05) is 6.92 Å². The third-order valence-electron chi connectivity index (χ3n) is 2.95. The summed E-state index contributed by atoms with van der Waals surface area (Å²) in [6.07, 6.45) is 0. The molecule has 0 amide bonds. The van der Waals surface area contributed by atoms with E-state index in [-0.39, 0.29) is 15.7 Å². The molecule has 0 aromatic heterocycles. The predicted octanol–water partition coefficient (Wildman–Crippen LogP) is 2.56. The Kier molecular flexibility index (Phi) is 5.58. The SMILES string of the molecule is CCOc1ccc(NS(=O)(=O)c2cc(C(=O)[O-])c(Cl)cc2Cl)cc1. The van der Waals surface area contributed by atoms with Crippen molar-refractivity contribution in [2.45, 2.75) is 11.8 Å². The Labute approximate surface area is 149 Å². The molecular weight excluding hydrogens is 377 g/mol. The van der Waals surface area contributed by atoms with Crippen molar-refractivity contribution in [3.8, 4) is 5.75 Å². The molecule has 0 spiro atoms. The van der Waals surface area contributed by atoms with Crippen LogP contribution < -0.4 is 14.6 Å². The van der Waals surface area contributed by atoms with Crippen LogP contribution in [0, 0.1) is 0 Å². The van der Waals surface area contributed by atoms with Crippen molar-refractivity contribution in [2.75, 3.05) is 11.3 Å². The highest BCUT2D eigenvalue weighted by molar-refractivity contribution is 7.92. The molecule has 6 nitrogen and oxygen atoms in total. The van der Waals surface area contributed by atoms with Crippen molar-refractivity contribution in [2.24, 2.45) is 0 Å². The molecule has 128 valence electrons. The second-order valence-electron chi connectivity index (χ2n) is 4.61. The van der Waals surface area contributed by atoms with Gasteiger partial charge in [0.25, 0.3) is 10.0 Å². The number of carboxylic acids is 1. The minimum atomic E-state index is -4.11. The molecular formula is C15H12Cl2NO5S-. The fraction of sp³-hybridized carbons (Fsp3) is 0.133. The van der Waals surface area contributed by atoms with Crippen LogP contribution in [0.3, 0.4) is 0 Å². The second-order valence-corrected chi connectivity index (χ2v) is 7.08. The van der Waals surface area contributed by atoms with Gasteiger partial charge in [0.1, 0.15) is 10.6 Å². The van der Waals surface area contributed by atoms with Crippen molar-refractivity contribution < 1.29 is 23.1 Å². The average Bonchev–Trinajstić information content (AvgIpc) is 2.48. The topological polar surface area (TPSA) is 95.5 Å². The van der Waals surface area contributed by atoms with Gasteiger partial charge in [-0.3, -0.25) is 4.72 Å². The fourth-order valence-corrected chi connectivity index (χ4v) is 3.80. The summed E-state index contributed by atoms with van der Waals surface area (Å²) in [6.45, 7) is 2.31. The zero-order valence-electron chi connectivity index (χ0n) is 12.4. The summed E-state index contributed by atoms with van der Waals surface area (Å²) in [5.41, 5.74) is -0.201. The fourth-order valence-electron chi connectivity index (χ4n) is 1.89. The summed E-state index contributed by atoms with van der Waals surface area (Å²) in [4.78, 5) is 10.6. The molecule has 0 saturated carbocycles. The monoisotopic (exact) mass is 388 g/mol. The number of ether oxygens (including phenoxy) is 1. The molecule has 0 unspecified atom stereocenters. The summed E-state index contributed by atoms with van der Waals surface area (Å²) in [6, 6.07) is 8.10.